The highest BCUT2D eigenvalue weighted by Crippen LogP contribution is 2.54. The number of rotatable bonds is 5. The van der Waals surface area contributed by atoms with E-state index in [0.717, 1.165) is 50.0 Å². The minimum absolute atomic E-state index is 0.174. The third kappa shape index (κ3) is 5.00. The molecule has 2 nitrogen and oxygen atoms in total. The van der Waals surface area contributed by atoms with E-state index >= 15 is 0 Å². The molecule has 0 saturated heterocycles. The fourth-order valence-corrected chi connectivity index (χ4v) is 10.1. The van der Waals surface area contributed by atoms with Crippen molar-refractivity contribution in [1.29, 1.82) is 0 Å². The van der Waals surface area contributed by atoms with E-state index in [-0.39, 0.29) is 5.41 Å². The molecule has 0 spiro atoms. The zero-order chi connectivity index (χ0) is 39.2. The third-order valence-corrected chi connectivity index (χ3v) is 12.8. The molecule has 0 aliphatic heterocycles. The van der Waals surface area contributed by atoms with Gasteiger partial charge in [-0.05, 0) is 102 Å². The van der Waals surface area contributed by atoms with Crippen molar-refractivity contribution in [2.24, 2.45) is 0 Å². The van der Waals surface area contributed by atoms with E-state index in [9.17, 15) is 0 Å². The fraction of sp³-hybridized carbons (Fsp3) is 0.0526. The lowest BCUT2D eigenvalue weighted by atomic mass is 9.82. The van der Waals surface area contributed by atoms with E-state index in [1.54, 1.807) is 0 Å². The van der Waals surface area contributed by atoms with E-state index in [2.05, 4.69) is 219 Å². The Labute approximate surface area is 343 Å². The zero-order valence-electron chi connectivity index (χ0n) is 32.9. The van der Waals surface area contributed by atoms with Crippen molar-refractivity contribution in [3.63, 3.8) is 0 Å². The standard InChI is InChI=1S/C57H39NO/c1-57(2)50-26-13-12-22-45(50)46-32-31-40(35-51(46)57)58(39-29-27-37(28-30-39)36-15-4-3-5-16-36)55-48(42-25-14-18-38-17-6-7-19-41(38)42)33-34-52-54(55)53-47-23-10-8-20-43(47)44-21-9-11-24-49(44)56(53)59-52/h3-35H,1-2H3. The molecule has 0 N–H and O–H groups in total. The lowest BCUT2D eigenvalue weighted by Crippen LogP contribution is -2.17. The minimum Gasteiger partial charge on any atom is -0.455 e. The Morgan fingerprint density at radius 2 is 0.966 bits per heavy atom. The Balaban J connectivity index is 1.24. The van der Waals surface area contributed by atoms with E-state index < -0.39 is 0 Å². The second-order valence-electron chi connectivity index (χ2n) is 16.4. The normalized spacial score (nSPS) is 13.1. The van der Waals surface area contributed by atoms with Gasteiger partial charge in [-0.1, -0.05) is 178 Å². The number of anilines is 3. The molecule has 0 amide bonds. The average molecular weight is 754 g/mol. The Kier molecular flexibility index (Phi) is 7.31. The van der Waals surface area contributed by atoms with Crippen molar-refractivity contribution in [2.45, 2.75) is 19.3 Å². The number of hydrogen-bond acceptors (Lipinski definition) is 2. The van der Waals surface area contributed by atoms with Gasteiger partial charge in [0.1, 0.15) is 11.2 Å². The highest BCUT2D eigenvalue weighted by Gasteiger charge is 2.36. The number of nitrogens with zero attached hydrogens (tertiary/aromatic N) is 1. The summed E-state index contributed by atoms with van der Waals surface area (Å²) in [5.41, 5.74) is 14.9. The summed E-state index contributed by atoms with van der Waals surface area (Å²) >= 11 is 0. The maximum atomic E-state index is 7.11. The first-order chi connectivity index (χ1) is 29.0. The summed E-state index contributed by atoms with van der Waals surface area (Å²) in [6, 6.07) is 73.2. The molecule has 2 heteroatoms. The monoisotopic (exact) mass is 753 g/mol. The van der Waals surface area contributed by atoms with Gasteiger partial charge in [-0.2, -0.15) is 0 Å². The van der Waals surface area contributed by atoms with Gasteiger partial charge in [-0.3, -0.25) is 0 Å². The van der Waals surface area contributed by atoms with E-state index in [0.29, 0.717) is 0 Å². The first-order valence-electron chi connectivity index (χ1n) is 20.5. The summed E-state index contributed by atoms with van der Waals surface area (Å²) in [7, 11) is 0. The van der Waals surface area contributed by atoms with Gasteiger partial charge in [0.05, 0.1) is 11.1 Å². The number of benzene rings is 10. The van der Waals surface area contributed by atoms with Crippen LogP contribution in [0.5, 0.6) is 0 Å². The Morgan fingerprint density at radius 1 is 0.390 bits per heavy atom. The molecule has 12 rings (SSSR count). The van der Waals surface area contributed by atoms with Gasteiger partial charge in [0.15, 0.2) is 0 Å². The molecular formula is C57H39NO. The predicted molar refractivity (Wildman–Crippen MR) is 249 cm³/mol. The summed E-state index contributed by atoms with van der Waals surface area (Å²) in [4.78, 5) is 2.51. The Morgan fingerprint density at radius 3 is 1.78 bits per heavy atom. The topological polar surface area (TPSA) is 16.4 Å². The molecule has 0 saturated carbocycles. The molecule has 0 radical (unpaired) electrons. The number of fused-ring (bicyclic) bond motifs is 12. The molecule has 1 aliphatic carbocycles. The Bertz CT molecular complexity index is 3460. The first kappa shape index (κ1) is 33.7. The zero-order valence-corrected chi connectivity index (χ0v) is 32.9. The highest BCUT2D eigenvalue weighted by molar-refractivity contribution is 6.33. The van der Waals surface area contributed by atoms with Crippen LogP contribution in [0.1, 0.15) is 25.0 Å². The molecular weight excluding hydrogens is 715 g/mol. The molecule has 0 bridgehead atoms. The number of hydrogen-bond donors (Lipinski definition) is 0. The van der Waals surface area contributed by atoms with Gasteiger partial charge in [0.25, 0.3) is 0 Å². The molecule has 0 unspecified atom stereocenters. The van der Waals surface area contributed by atoms with Crippen molar-refractivity contribution in [3.8, 4) is 33.4 Å². The second-order valence-corrected chi connectivity index (χ2v) is 16.4. The van der Waals surface area contributed by atoms with Crippen molar-refractivity contribution in [2.75, 3.05) is 4.90 Å². The summed E-state index contributed by atoms with van der Waals surface area (Å²) in [6.45, 7) is 4.73. The summed E-state index contributed by atoms with van der Waals surface area (Å²) < 4.78 is 7.11. The van der Waals surface area contributed by atoms with Crippen LogP contribution < -0.4 is 4.90 Å². The highest BCUT2D eigenvalue weighted by atomic mass is 16.3. The summed E-state index contributed by atoms with van der Waals surface area (Å²) in [5.74, 6) is 0. The van der Waals surface area contributed by atoms with Gasteiger partial charge in [0, 0.05) is 33.1 Å². The molecule has 0 atom stereocenters. The van der Waals surface area contributed by atoms with Gasteiger partial charge in [-0.15, -0.1) is 0 Å². The Hall–Kier alpha value is -7.42. The van der Waals surface area contributed by atoms with Crippen LogP contribution in [0.15, 0.2) is 205 Å². The summed E-state index contributed by atoms with van der Waals surface area (Å²) in [5, 5.41) is 9.36. The lowest BCUT2D eigenvalue weighted by molar-refractivity contribution is 0.660. The van der Waals surface area contributed by atoms with Crippen LogP contribution in [0.25, 0.3) is 87.6 Å². The molecule has 1 aliphatic rings. The van der Waals surface area contributed by atoms with Crippen LogP contribution in [0, 0.1) is 0 Å². The molecule has 278 valence electrons. The average Bonchev–Trinajstić information content (AvgIpc) is 3.80. The molecule has 10 aromatic carbocycles. The minimum atomic E-state index is -0.174. The molecule has 11 aromatic rings. The van der Waals surface area contributed by atoms with Crippen LogP contribution in [0.2, 0.25) is 0 Å². The van der Waals surface area contributed by atoms with Crippen molar-refractivity contribution < 1.29 is 4.42 Å². The smallest absolute Gasteiger partial charge is 0.143 e. The third-order valence-electron chi connectivity index (χ3n) is 12.8. The fourth-order valence-electron chi connectivity index (χ4n) is 10.1. The largest absolute Gasteiger partial charge is 0.455 e. The molecule has 1 aromatic heterocycles. The van der Waals surface area contributed by atoms with Crippen LogP contribution in [-0.4, -0.2) is 0 Å². The number of furan rings is 1. The van der Waals surface area contributed by atoms with Crippen LogP contribution in [0.3, 0.4) is 0 Å². The van der Waals surface area contributed by atoms with Crippen molar-refractivity contribution in [1.82, 2.24) is 0 Å². The van der Waals surface area contributed by atoms with E-state index in [4.69, 9.17) is 4.42 Å². The van der Waals surface area contributed by atoms with Gasteiger partial charge >= 0.3 is 0 Å². The maximum Gasteiger partial charge on any atom is 0.143 e. The molecule has 0 fully saturated rings. The molecule has 1 heterocycles. The van der Waals surface area contributed by atoms with Crippen LogP contribution in [0.4, 0.5) is 17.1 Å². The van der Waals surface area contributed by atoms with Gasteiger partial charge in [0.2, 0.25) is 0 Å². The van der Waals surface area contributed by atoms with Gasteiger partial charge in [-0.25, -0.2) is 0 Å². The summed E-state index contributed by atoms with van der Waals surface area (Å²) in [6.07, 6.45) is 0. The van der Waals surface area contributed by atoms with Crippen molar-refractivity contribution >= 4 is 71.3 Å². The predicted octanol–water partition coefficient (Wildman–Crippen LogP) is 16.2. The van der Waals surface area contributed by atoms with Crippen LogP contribution in [-0.2, 0) is 5.41 Å². The molecule has 59 heavy (non-hydrogen) atoms. The van der Waals surface area contributed by atoms with E-state index in [1.165, 1.54) is 65.9 Å². The maximum absolute atomic E-state index is 7.11. The van der Waals surface area contributed by atoms with Crippen LogP contribution >= 0.6 is 0 Å². The lowest BCUT2D eigenvalue weighted by Gasteiger charge is -2.31. The first-order valence-corrected chi connectivity index (χ1v) is 20.5. The van der Waals surface area contributed by atoms with Gasteiger partial charge < -0.3 is 9.32 Å². The van der Waals surface area contributed by atoms with E-state index in [1.807, 2.05) is 0 Å². The quantitative estimate of drug-likeness (QED) is 0.163. The van der Waals surface area contributed by atoms with Crippen molar-refractivity contribution in [3.05, 3.63) is 211 Å². The SMILES string of the molecule is CC1(C)c2ccccc2-c2ccc(N(c3ccc(-c4ccccc4)cc3)c3c(-c4cccc5ccccc45)ccc4oc5c6ccccc6c6ccccc6c5c34)cc21. The second kappa shape index (κ2) is 12.8.